The van der Waals surface area contributed by atoms with Gasteiger partial charge in [-0.1, -0.05) is 31.2 Å². The topological polar surface area (TPSA) is 256 Å². The first-order chi connectivity index (χ1) is 32.5. The molecule has 0 unspecified atom stereocenters. The molecule has 6 rings (SSSR count). The van der Waals surface area contributed by atoms with Crippen molar-refractivity contribution in [2.24, 2.45) is 29.0 Å². The highest BCUT2D eigenvalue weighted by atomic mass is 16.5. The normalized spacial score (nSPS) is 18.3. The molecule has 0 saturated carbocycles. The number of rotatable bonds is 17. The van der Waals surface area contributed by atoms with Crippen LogP contribution >= 0.6 is 0 Å². The molecule has 0 spiro atoms. The Kier molecular flexibility index (Phi) is 17.0. The highest BCUT2D eigenvalue weighted by molar-refractivity contribution is 6.01. The van der Waals surface area contributed by atoms with E-state index in [1.165, 1.54) is 11.9 Å². The van der Waals surface area contributed by atoms with E-state index in [0.717, 1.165) is 23.1 Å². The van der Waals surface area contributed by atoms with E-state index >= 15 is 0 Å². The monoisotopic (exact) mass is 928 g/mol. The molecule has 3 heterocycles. The Morgan fingerprint density at radius 3 is 2.24 bits per heavy atom. The minimum absolute atomic E-state index is 0.0335. The van der Waals surface area contributed by atoms with Gasteiger partial charge in [-0.25, -0.2) is 9.97 Å². The molecule has 2 amide bonds. The Morgan fingerprint density at radius 1 is 0.926 bits per heavy atom. The fourth-order valence-electron chi connectivity index (χ4n) is 9.24. The fraction of sp³-hybridized carbons (Fsp3) is 0.462. The second kappa shape index (κ2) is 22.6. The van der Waals surface area contributed by atoms with Gasteiger partial charge in [-0.3, -0.25) is 24.0 Å². The number of aromatic nitrogens is 2. The van der Waals surface area contributed by atoms with Crippen LogP contribution in [0.4, 0.5) is 0 Å². The summed E-state index contributed by atoms with van der Waals surface area (Å²) in [5.41, 5.74) is 23.9. The van der Waals surface area contributed by atoms with Gasteiger partial charge < -0.3 is 41.6 Å². The predicted molar refractivity (Wildman–Crippen MR) is 256 cm³/mol. The van der Waals surface area contributed by atoms with Crippen LogP contribution in [0.25, 0.3) is 22.5 Å². The number of Topliss-reactive ketones (excluding diaryl/α,β-unsaturated/α-hetero) is 3. The van der Waals surface area contributed by atoms with Crippen molar-refractivity contribution < 1.29 is 38.2 Å². The minimum Gasteiger partial charge on any atom is -0.492 e. The maximum Gasteiger partial charge on any atom is 0.226 e. The Labute approximate surface area is 398 Å². The van der Waals surface area contributed by atoms with E-state index in [1.807, 2.05) is 38.1 Å². The van der Waals surface area contributed by atoms with Crippen LogP contribution < -0.4 is 32.0 Å². The molecule has 0 aliphatic carbocycles. The van der Waals surface area contributed by atoms with Gasteiger partial charge in [-0.15, -0.1) is 0 Å². The summed E-state index contributed by atoms with van der Waals surface area (Å²) >= 11 is 0. The van der Waals surface area contributed by atoms with Crippen LogP contribution in [0.3, 0.4) is 0 Å². The van der Waals surface area contributed by atoms with Crippen molar-refractivity contribution in [2.45, 2.75) is 97.2 Å². The van der Waals surface area contributed by atoms with Crippen LogP contribution in [-0.2, 0) is 42.4 Å². The van der Waals surface area contributed by atoms with Gasteiger partial charge in [-0.05, 0) is 106 Å². The second-order valence-corrected chi connectivity index (χ2v) is 18.1. The first kappa shape index (κ1) is 51.0. The number of ether oxygens (including phenoxy) is 3. The van der Waals surface area contributed by atoms with Crippen LogP contribution in [-0.4, -0.2) is 96.6 Å². The lowest BCUT2D eigenvalue weighted by Crippen LogP contribution is -2.46. The van der Waals surface area contributed by atoms with E-state index in [-0.39, 0.29) is 82.9 Å². The van der Waals surface area contributed by atoms with Gasteiger partial charge in [0.1, 0.15) is 30.8 Å². The molecule has 0 radical (unpaired) electrons. The largest absolute Gasteiger partial charge is 0.492 e. The summed E-state index contributed by atoms with van der Waals surface area (Å²) in [6, 6.07) is 16.3. The van der Waals surface area contributed by atoms with Crippen molar-refractivity contribution in [2.75, 3.05) is 46.5 Å². The molecule has 16 heteroatoms. The van der Waals surface area contributed by atoms with E-state index in [9.17, 15) is 29.2 Å². The quantitative estimate of drug-likeness (QED) is 0.0999. The molecule has 4 atom stereocenters. The van der Waals surface area contributed by atoms with Crippen molar-refractivity contribution in [1.29, 1.82) is 5.26 Å². The highest BCUT2D eigenvalue weighted by Gasteiger charge is 2.37. The summed E-state index contributed by atoms with van der Waals surface area (Å²) in [6.45, 7) is 10.6. The Hall–Kier alpha value is -6.38. The fourth-order valence-corrected chi connectivity index (χ4v) is 9.24. The average Bonchev–Trinajstić information content (AvgIpc) is 3.30. The molecule has 4 aromatic rings. The van der Waals surface area contributed by atoms with Crippen molar-refractivity contribution >= 4 is 29.2 Å². The molecule has 2 aliphatic heterocycles. The molecule has 0 fully saturated rings. The molecule has 0 saturated heterocycles. The summed E-state index contributed by atoms with van der Waals surface area (Å²) in [5.74, 6) is -2.71. The lowest BCUT2D eigenvalue weighted by atomic mass is 9.87. The number of ketones is 3. The first-order valence-electron chi connectivity index (χ1n) is 23.3. The first-order valence-corrected chi connectivity index (χ1v) is 23.3. The molecule has 68 heavy (non-hydrogen) atoms. The summed E-state index contributed by atoms with van der Waals surface area (Å²) in [6.07, 6.45) is 0.340. The molecule has 2 aliphatic rings. The number of amides is 2. The molecule has 1 aromatic heterocycles. The number of likely N-dealkylation sites (N-methyl/N-ethyl adjacent to an activating group) is 1. The van der Waals surface area contributed by atoms with Gasteiger partial charge in [0.05, 0.1) is 41.3 Å². The number of carbonyl (C=O) groups is 5. The zero-order valence-corrected chi connectivity index (χ0v) is 40.0. The van der Waals surface area contributed by atoms with E-state index in [2.05, 4.69) is 11.4 Å². The number of nitrogens with zero attached hydrogens (tertiary/aromatic N) is 4. The summed E-state index contributed by atoms with van der Waals surface area (Å²) in [7, 11) is 1.51. The molecule has 3 aromatic carbocycles. The Balaban J connectivity index is 1.38. The molecule has 16 nitrogen and oxygen atoms in total. The third-order valence-electron chi connectivity index (χ3n) is 12.7. The number of nitrogens with two attached hydrogens (primary N) is 3. The zero-order valence-electron chi connectivity index (χ0n) is 40.0. The van der Waals surface area contributed by atoms with Gasteiger partial charge >= 0.3 is 0 Å². The van der Waals surface area contributed by atoms with Crippen molar-refractivity contribution in [1.82, 2.24) is 20.2 Å². The number of hydrogen-bond acceptors (Lipinski definition) is 14. The predicted octanol–water partition coefficient (Wildman–Crippen LogP) is 5.16. The van der Waals surface area contributed by atoms with Gasteiger partial charge in [0.2, 0.25) is 11.8 Å². The average molecular weight is 929 g/mol. The second-order valence-electron chi connectivity index (χ2n) is 18.1. The Bertz CT molecular complexity index is 2570. The minimum atomic E-state index is -1.25. The van der Waals surface area contributed by atoms with Gasteiger partial charge in [0.25, 0.3) is 0 Å². The van der Waals surface area contributed by atoms with Crippen LogP contribution in [0.1, 0.15) is 103 Å². The molecule has 4 bridgehead atoms. The highest BCUT2D eigenvalue weighted by Crippen LogP contribution is 2.41. The van der Waals surface area contributed by atoms with Crippen molar-refractivity contribution in [3.05, 3.63) is 93.8 Å². The number of aryl methyl sites for hydroxylation is 2. The van der Waals surface area contributed by atoms with E-state index in [0.29, 0.717) is 63.1 Å². The molecular formula is C52H64N8O8. The van der Waals surface area contributed by atoms with Crippen LogP contribution in [0.5, 0.6) is 11.5 Å². The third-order valence-corrected chi connectivity index (χ3v) is 12.7. The standard InChI is InChI=1S/C52H64N8O8/c1-30-24-44(63)48(35-11-14-46(67-23-20-56)39(28-35)38-25-33(9-13-45(38)66-22-19-55)26-41(59-50(30)64)42(61)8-7-17-53)60(6)51(65)37(15-18-54)29-43(62)47-31(2)57-49(58-32(47)3)36-10-12-40-34(27-36)16-21-68-52(40,4)5/h9-14,25,27-28,30,37,41,48H,7-8,15-16,18-24,26,29,54-56H2,1-6H3,(H,59,64)/t30-,37-,41+,48+/m1/s1. The maximum absolute atomic E-state index is 14.9. The molecule has 7 N–H and O–H groups in total. The van der Waals surface area contributed by atoms with Crippen molar-refractivity contribution in [3.8, 4) is 40.1 Å². The lowest BCUT2D eigenvalue weighted by molar-refractivity contribution is -0.142. The van der Waals surface area contributed by atoms with E-state index in [1.54, 1.807) is 51.1 Å². The SMILES string of the molecule is Cc1nc(-c2ccc3c(c2)CCOC3(C)C)nc(C)c1C(=O)C[C@@H](CCN)C(=O)N(C)[C@@H]1C(=O)C[C@@H](C)C(=O)N[C@H](C(=O)CCC#N)Cc2ccc(OCCN)c(c2)-c2cc1ccc2OCCN. The summed E-state index contributed by atoms with van der Waals surface area (Å²) < 4.78 is 18.3. The van der Waals surface area contributed by atoms with E-state index in [4.69, 9.17) is 41.4 Å². The summed E-state index contributed by atoms with van der Waals surface area (Å²) in [5, 5.41) is 12.1. The zero-order chi connectivity index (χ0) is 49.3. The number of nitriles is 1. The van der Waals surface area contributed by atoms with Gasteiger partial charge in [0, 0.05) is 74.3 Å². The number of hydrogen-bond donors (Lipinski definition) is 4. The summed E-state index contributed by atoms with van der Waals surface area (Å²) in [4.78, 5) is 82.2. The van der Waals surface area contributed by atoms with E-state index < -0.39 is 47.1 Å². The maximum atomic E-state index is 14.9. The third kappa shape index (κ3) is 11.6. The van der Waals surface area contributed by atoms with Gasteiger partial charge in [-0.2, -0.15) is 5.26 Å². The van der Waals surface area contributed by atoms with Gasteiger partial charge in [0.15, 0.2) is 23.2 Å². The number of nitrogens with one attached hydrogen (secondary N) is 1. The lowest BCUT2D eigenvalue weighted by Gasteiger charge is -2.33. The molecule has 360 valence electrons. The Morgan fingerprint density at radius 2 is 1.59 bits per heavy atom. The van der Waals surface area contributed by atoms with Crippen LogP contribution in [0.15, 0.2) is 54.6 Å². The van der Waals surface area contributed by atoms with Crippen molar-refractivity contribution in [3.63, 3.8) is 0 Å². The number of fused-ring (bicyclic) bond motifs is 6. The van der Waals surface area contributed by atoms with Crippen LogP contribution in [0, 0.1) is 37.0 Å². The number of benzene rings is 3. The smallest absolute Gasteiger partial charge is 0.226 e. The molecular weight excluding hydrogens is 865 g/mol. The van der Waals surface area contributed by atoms with Crippen LogP contribution in [0.2, 0.25) is 0 Å². The number of carbonyl (C=O) groups excluding carboxylic acids is 5.